The molecule has 7 nitrogen and oxygen atoms in total. The van der Waals surface area contributed by atoms with Gasteiger partial charge in [0.25, 0.3) is 5.56 Å². The number of rotatable bonds is 10. The third-order valence-electron chi connectivity index (χ3n) is 7.84. The van der Waals surface area contributed by atoms with Gasteiger partial charge in [-0.15, -0.1) is 11.8 Å². The molecular formula is C38H36N2O5S2. The maximum Gasteiger partial charge on any atom is 0.338 e. The van der Waals surface area contributed by atoms with E-state index in [9.17, 15) is 9.59 Å². The van der Waals surface area contributed by atoms with Crippen LogP contribution in [0.4, 0.5) is 0 Å². The highest BCUT2D eigenvalue weighted by Gasteiger charge is 2.33. The van der Waals surface area contributed by atoms with Crippen LogP contribution in [0.3, 0.4) is 0 Å². The highest BCUT2D eigenvalue weighted by Crippen LogP contribution is 2.33. The lowest BCUT2D eigenvalue weighted by molar-refractivity contribution is -0.143. The van der Waals surface area contributed by atoms with Gasteiger partial charge in [-0.25, -0.2) is 9.79 Å². The van der Waals surface area contributed by atoms with Crippen LogP contribution in [-0.4, -0.2) is 29.5 Å². The van der Waals surface area contributed by atoms with Gasteiger partial charge in [0.2, 0.25) is 0 Å². The Bertz CT molecular complexity index is 2160. The summed E-state index contributed by atoms with van der Waals surface area (Å²) in [6, 6.07) is 27.3. The predicted octanol–water partition coefficient (Wildman–Crippen LogP) is 7.04. The van der Waals surface area contributed by atoms with E-state index in [0.717, 1.165) is 32.4 Å². The lowest BCUT2D eigenvalue weighted by atomic mass is 9.96. The normalized spacial score (nSPS) is 14.7. The number of hydrogen-bond donors (Lipinski definition) is 0. The molecule has 0 aliphatic carbocycles. The number of carbonyl (C=O) groups excluding carboxylic acids is 1. The first-order valence-corrected chi connectivity index (χ1v) is 17.5. The number of nitrogens with zero attached hydrogens (tertiary/aromatic N) is 2. The molecule has 240 valence electrons. The average Bonchev–Trinajstić information content (AvgIpc) is 3.37. The molecule has 47 heavy (non-hydrogen) atoms. The van der Waals surface area contributed by atoms with Gasteiger partial charge in [0.05, 0.1) is 34.6 Å². The summed E-state index contributed by atoms with van der Waals surface area (Å²) in [5.74, 6) is 0.738. The monoisotopic (exact) mass is 664 g/mol. The summed E-state index contributed by atoms with van der Waals surface area (Å²) in [6.07, 6.45) is 3.53. The lowest BCUT2D eigenvalue weighted by Crippen LogP contribution is -2.40. The summed E-state index contributed by atoms with van der Waals surface area (Å²) in [4.78, 5) is 33.8. The minimum atomic E-state index is -0.667. The quantitative estimate of drug-likeness (QED) is 0.118. The maximum atomic E-state index is 14.1. The second-order valence-corrected chi connectivity index (χ2v) is 13.3. The predicted molar refractivity (Wildman–Crippen MR) is 189 cm³/mol. The fraction of sp³-hybridized carbons (Fsp3) is 0.237. The van der Waals surface area contributed by atoms with Crippen molar-refractivity contribution in [2.45, 2.75) is 51.3 Å². The Kier molecular flexibility index (Phi) is 9.66. The molecule has 0 saturated carbocycles. The Morgan fingerprint density at radius 2 is 1.77 bits per heavy atom. The average molecular weight is 665 g/mol. The smallest absolute Gasteiger partial charge is 0.338 e. The SMILES string of the molecule is CCOc1cc(/C=c2\sc3n(c2=O)[C@@H](c2ccc(SC)cc2)C(C(=O)OC(C)C)=C(C)N=3)ccc1OCc1cccc2ccccc12. The topological polar surface area (TPSA) is 79.1 Å². The number of ether oxygens (including phenoxy) is 3. The minimum absolute atomic E-state index is 0.232. The zero-order valence-electron chi connectivity index (χ0n) is 27.0. The summed E-state index contributed by atoms with van der Waals surface area (Å²) in [5, 5.41) is 2.31. The number of thioether (sulfide) groups is 1. The molecule has 4 aromatic carbocycles. The van der Waals surface area contributed by atoms with E-state index in [-0.39, 0.29) is 11.7 Å². The van der Waals surface area contributed by atoms with Crippen LogP contribution in [0.1, 0.15) is 50.4 Å². The van der Waals surface area contributed by atoms with Crippen LogP contribution in [0.25, 0.3) is 16.8 Å². The van der Waals surface area contributed by atoms with Crippen LogP contribution in [0.5, 0.6) is 11.5 Å². The van der Waals surface area contributed by atoms with Crippen LogP contribution < -0.4 is 24.4 Å². The number of allylic oxidation sites excluding steroid dienone is 1. The van der Waals surface area contributed by atoms with Crippen molar-refractivity contribution in [2.75, 3.05) is 12.9 Å². The number of thiazole rings is 1. The molecule has 0 unspecified atom stereocenters. The molecule has 0 radical (unpaired) electrons. The third kappa shape index (κ3) is 6.77. The summed E-state index contributed by atoms with van der Waals surface area (Å²) in [5.41, 5.74) is 3.35. The van der Waals surface area contributed by atoms with Crippen molar-refractivity contribution in [3.8, 4) is 11.5 Å². The zero-order valence-corrected chi connectivity index (χ0v) is 28.6. The first-order chi connectivity index (χ1) is 22.8. The van der Waals surface area contributed by atoms with Gasteiger partial charge in [0.1, 0.15) is 6.61 Å². The molecule has 0 bridgehead atoms. The standard InChI is InChI=1S/C38H36N2O5S2/c1-6-43-32-20-25(14-19-31(32)44-22-28-12-9-11-26-10-7-8-13-30(26)28)21-33-36(41)40-35(27-15-17-29(46-5)18-16-27)34(37(42)45-23(2)3)24(4)39-38(40)47-33/h7-21,23,35H,6,22H2,1-5H3/b33-21-/t35-/m0/s1. The van der Waals surface area contributed by atoms with Crippen molar-refractivity contribution in [3.63, 3.8) is 0 Å². The molecule has 9 heteroatoms. The van der Waals surface area contributed by atoms with E-state index in [0.29, 0.717) is 45.3 Å². The van der Waals surface area contributed by atoms with Crippen molar-refractivity contribution in [1.82, 2.24) is 4.57 Å². The number of esters is 1. The van der Waals surface area contributed by atoms with Gasteiger partial charge in [-0.2, -0.15) is 0 Å². The second kappa shape index (κ2) is 14.0. The molecule has 0 fully saturated rings. The van der Waals surface area contributed by atoms with Gasteiger partial charge in [-0.3, -0.25) is 9.36 Å². The summed E-state index contributed by atoms with van der Waals surface area (Å²) < 4.78 is 20.0. The maximum absolute atomic E-state index is 14.1. The van der Waals surface area contributed by atoms with E-state index >= 15 is 0 Å². The Morgan fingerprint density at radius 1 is 1.00 bits per heavy atom. The summed E-state index contributed by atoms with van der Waals surface area (Å²) >= 11 is 2.92. The van der Waals surface area contributed by atoms with Gasteiger partial charge >= 0.3 is 5.97 Å². The third-order valence-corrected chi connectivity index (χ3v) is 9.57. The van der Waals surface area contributed by atoms with Crippen molar-refractivity contribution in [3.05, 3.63) is 133 Å². The van der Waals surface area contributed by atoms with E-state index in [4.69, 9.17) is 19.2 Å². The zero-order chi connectivity index (χ0) is 33.1. The molecular weight excluding hydrogens is 629 g/mol. The number of fused-ring (bicyclic) bond motifs is 2. The minimum Gasteiger partial charge on any atom is -0.490 e. The molecule has 2 heterocycles. The molecule has 0 amide bonds. The van der Waals surface area contributed by atoms with E-state index in [2.05, 4.69) is 24.3 Å². The van der Waals surface area contributed by atoms with E-state index in [1.165, 1.54) is 11.3 Å². The van der Waals surface area contributed by atoms with Crippen LogP contribution >= 0.6 is 23.1 Å². The van der Waals surface area contributed by atoms with Crippen LogP contribution in [0, 0.1) is 0 Å². The van der Waals surface area contributed by atoms with Gasteiger partial charge < -0.3 is 14.2 Å². The van der Waals surface area contributed by atoms with E-state index < -0.39 is 12.0 Å². The molecule has 0 N–H and O–H groups in total. The Morgan fingerprint density at radius 3 is 2.51 bits per heavy atom. The molecule has 1 atom stereocenters. The molecule has 6 rings (SSSR count). The number of hydrogen-bond acceptors (Lipinski definition) is 8. The highest BCUT2D eigenvalue weighted by molar-refractivity contribution is 7.98. The first-order valence-electron chi connectivity index (χ1n) is 15.5. The van der Waals surface area contributed by atoms with Gasteiger partial charge in [0, 0.05) is 4.90 Å². The number of benzene rings is 4. The summed E-state index contributed by atoms with van der Waals surface area (Å²) in [6.45, 7) is 8.18. The van der Waals surface area contributed by atoms with E-state index in [1.54, 1.807) is 23.3 Å². The van der Waals surface area contributed by atoms with Gasteiger partial charge in [0.15, 0.2) is 16.3 Å². The molecule has 1 aliphatic rings. The van der Waals surface area contributed by atoms with Crippen LogP contribution in [-0.2, 0) is 16.1 Å². The Labute approximate surface area is 281 Å². The molecule has 1 aliphatic heterocycles. The highest BCUT2D eigenvalue weighted by atomic mass is 32.2. The fourth-order valence-corrected chi connectivity index (χ4v) is 7.14. The van der Waals surface area contributed by atoms with Crippen molar-refractivity contribution in [1.29, 1.82) is 0 Å². The second-order valence-electron chi connectivity index (χ2n) is 11.4. The fourth-order valence-electron chi connectivity index (χ4n) is 5.69. The van der Waals surface area contributed by atoms with Crippen molar-refractivity contribution >= 4 is 45.9 Å². The largest absolute Gasteiger partial charge is 0.490 e. The van der Waals surface area contributed by atoms with Gasteiger partial charge in [-0.1, -0.05) is 72.0 Å². The van der Waals surface area contributed by atoms with Crippen molar-refractivity contribution < 1.29 is 19.0 Å². The molecule has 0 saturated heterocycles. The number of carbonyl (C=O) groups is 1. The Balaban J connectivity index is 1.37. The molecule has 5 aromatic rings. The van der Waals surface area contributed by atoms with Crippen LogP contribution in [0.15, 0.2) is 111 Å². The Hall–Kier alpha value is -4.60. The lowest BCUT2D eigenvalue weighted by Gasteiger charge is -2.25. The molecule has 0 spiro atoms. The van der Waals surface area contributed by atoms with E-state index in [1.807, 2.05) is 93.8 Å². The number of aromatic nitrogens is 1. The summed E-state index contributed by atoms with van der Waals surface area (Å²) in [7, 11) is 0. The first kappa shape index (κ1) is 32.3. The van der Waals surface area contributed by atoms with Crippen molar-refractivity contribution in [2.24, 2.45) is 4.99 Å². The van der Waals surface area contributed by atoms with Gasteiger partial charge in [-0.05, 0) is 91.8 Å². The van der Waals surface area contributed by atoms with Crippen LogP contribution in [0.2, 0.25) is 0 Å². The molecule has 1 aromatic heterocycles.